The molecule has 4 amide bonds. The second-order valence-corrected chi connectivity index (χ2v) is 12.5. The molecule has 1 unspecified atom stereocenters. The molecule has 41 heavy (non-hydrogen) atoms. The Morgan fingerprint density at radius 2 is 1.56 bits per heavy atom. The Kier molecular flexibility index (Phi) is 12.8. The lowest BCUT2D eigenvalue weighted by molar-refractivity contribution is -0.140. The highest BCUT2D eigenvalue weighted by Crippen LogP contribution is 2.22. The normalized spacial score (nSPS) is 15.9. The van der Waals surface area contributed by atoms with Gasteiger partial charge in [0.15, 0.2) is 0 Å². The van der Waals surface area contributed by atoms with Gasteiger partial charge in [-0.15, -0.1) is 0 Å². The van der Waals surface area contributed by atoms with Gasteiger partial charge in [-0.1, -0.05) is 20.8 Å². The maximum Gasteiger partial charge on any atom is 0.315 e. The number of ketones is 1. The van der Waals surface area contributed by atoms with Crippen LogP contribution in [0.25, 0.3) is 0 Å². The van der Waals surface area contributed by atoms with Crippen LogP contribution in [0.2, 0.25) is 0 Å². The number of methoxy groups -OCH3 is 2. The predicted octanol–water partition coefficient (Wildman–Crippen LogP) is 0.922. The fourth-order valence-corrected chi connectivity index (χ4v) is 5.32. The molecule has 1 aromatic carbocycles. The van der Waals surface area contributed by atoms with Gasteiger partial charge in [-0.05, 0) is 49.3 Å². The summed E-state index contributed by atoms with van der Waals surface area (Å²) in [6, 6.07) is 2.26. The standard InChI is InChI=1S/C27H43N5O8S/c1-7-22(24(33)26(35)28-16-18-13-20(39-4)15-21(14-18)40-5)30-25(34)23(12-17(2)3)31-27(36)29-19-8-10-32(11-9-19)41(6,37)38/h13-15,17,19,22-23H,7-12,16H2,1-6H3,(H,28,35)(H,30,34)(H2,29,31,36)/t22?,23-/m0/s1. The summed E-state index contributed by atoms with van der Waals surface area (Å²) in [5, 5.41) is 10.7. The number of nitrogens with zero attached hydrogens (tertiary/aromatic N) is 1. The van der Waals surface area contributed by atoms with Gasteiger partial charge in [0.05, 0.1) is 26.5 Å². The van der Waals surface area contributed by atoms with Crippen LogP contribution in [0.15, 0.2) is 18.2 Å². The molecule has 0 spiro atoms. The lowest BCUT2D eigenvalue weighted by atomic mass is 10.0. The SMILES string of the molecule is CCC(NC(=O)[C@H](CC(C)C)NC(=O)NC1CCN(S(C)(=O)=O)CC1)C(=O)C(=O)NCc1cc(OC)cc(OC)c1. The minimum absolute atomic E-state index is 0.0444. The summed E-state index contributed by atoms with van der Waals surface area (Å²) in [4.78, 5) is 51.4. The fourth-order valence-electron chi connectivity index (χ4n) is 4.44. The van der Waals surface area contributed by atoms with Crippen LogP contribution in [-0.4, -0.2) is 88.0 Å². The van der Waals surface area contributed by atoms with Crippen molar-refractivity contribution < 1.29 is 37.1 Å². The van der Waals surface area contributed by atoms with Gasteiger partial charge in [-0.3, -0.25) is 14.4 Å². The minimum atomic E-state index is -3.29. The first-order valence-electron chi connectivity index (χ1n) is 13.6. The van der Waals surface area contributed by atoms with Gasteiger partial charge in [0.2, 0.25) is 21.7 Å². The number of Topliss-reactive ketones (excluding diaryl/α,β-unsaturated/α-hetero) is 1. The smallest absolute Gasteiger partial charge is 0.315 e. The van der Waals surface area contributed by atoms with Gasteiger partial charge in [0.1, 0.15) is 17.5 Å². The summed E-state index contributed by atoms with van der Waals surface area (Å²) >= 11 is 0. The summed E-state index contributed by atoms with van der Waals surface area (Å²) < 4.78 is 35.2. The number of sulfonamides is 1. The van der Waals surface area contributed by atoms with Crippen LogP contribution in [0.3, 0.4) is 0 Å². The summed E-state index contributed by atoms with van der Waals surface area (Å²) in [5.41, 5.74) is 0.661. The number of ether oxygens (including phenoxy) is 2. The molecule has 4 N–H and O–H groups in total. The van der Waals surface area contributed by atoms with Crippen molar-refractivity contribution in [2.24, 2.45) is 5.92 Å². The number of amides is 4. The summed E-state index contributed by atoms with van der Waals surface area (Å²) in [7, 11) is -0.278. The molecule has 2 atom stereocenters. The number of rotatable bonds is 14. The molecular weight excluding hydrogens is 554 g/mol. The quantitative estimate of drug-likeness (QED) is 0.229. The maximum absolute atomic E-state index is 13.1. The van der Waals surface area contributed by atoms with E-state index in [4.69, 9.17) is 9.47 Å². The van der Waals surface area contributed by atoms with Gasteiger partial charge in [0.25, 0.3) is 5.91 Å². The molecule has 1 fully saturated rings. The molecule has 13 nitrogen and oxygen atoms in total. The number of nitrogens with one attached hydrogen (secondary N) is 4. The van der Waals surface area contributed by atoms with Crippen molar-refractivity contribution in [3.05, 3.63) is 23.8 Å². The topological polar surface area (TPSA) is 172 Å². The van der Waals surface area contributed by atoms with Crippen LogP contribution in [0.4, 0.5) is 4.79 Å². The first-order chi connectivity index (χ1) is 19.3. The third-order valence-electron chi connectivity index (χ3n) is 6.72. The predicted molar refractivity (Wildman–Crippen MR) is 153 cm³/mol. The molecule has 230 valence electrons. The van der Waals surface area contributed by atoms with E-state index in [-0.39, 0.29) is 24.9 Å². The Bertz CT molecular complexity index is 1160. The van der Waals surface area contributed by atoms with Gasteiger partial charge >= 0.3 is 6.03 Å². The van der Waals surface area contributed by atoms with E-state index in [0.29, 0.717) is 49.4 Å². The van der Waals surface area contributed by atoms with Crippen molar-refractivity contribution in [2.75, 3.05) is 33.6 Å². The molecule has 0 bridgehead atoms. The van der Waals surface area contributed by atoms with E-state index in [2.05, 4.69) is 21.3 Å². The zero-order valence-electron chi connectivity index (χ0n) is 24.6. The van der Waals surface area contributed by atoms with Gasteiger partial charge in [0, 0.05) is 31.7 Å². The molecule has 0 aromatic heterocycles. The van der Waals surface area contributed by atoms with Crippen molar-refractivity contribution in [3.63, 3.8) is 0 Å². The van der Waals surface area contributed by atoms with Crippen LogP contribution in [0.1, 0.15) is 52.0 Å². The average Bonchev–Trinajstić information content (AvgIpc) is 2.92. The second kappa shape index (κ2) is 15.6. The Hall–Kier alpha value is -3.39. The van der Waals surface area contributed by atoms with E-state index < -0.39 is 45.7 Å². The van der Waals surface area contributed by atoms with Crippen molar-refractivity contribution in [1.29, 1.82) is 0 Å². The van der Waals surface area contributed by atoms with E-state index in [1.165, 1.54) is 18.5 Å². The minimum Gasteiger partial charge on any atom is -0.497 e. The summed E-state index contributed by atoms with van der Waals surface area (Å²) in [6.07, 6.45) is 2.53. The Morgan fingerprint density at radius 3 is 2.05 bits per heavy atom. The van der Waals surface area contributed by atoms with E-state index >= 15 is 0 Å². The Balaban J connectivity index is 1.96. The molecule has 1 heterocycles. The van der Waals surface area contributed by atoms with Gasteiger partial charge in [-0.25, -0.2) is 17.5 Å². The number of carbonyl (C=O) groups excluding carboxylic acids is 4. The molecule has 1 aliphatic rings. The maximum atomic E-state index is 13.1. The number of benzene rings is 1. The van der Waals surface area contributed by atoms with Crippen LogP contribution in [0, 0.1) is 5.92 Å². The molecule has 1 aromatic rings. The summed E-state index contributed by atoms with van der Waals surface area (Å²) in [5.74, 6) is -1.13. The average molecular weight is 598 g/mol. The highest BCUT2D eigenvalue weighted by Gasteiger charge is 2.31. The van der Waals surface area contributed by atoms with Crippen LogP contribution >= 0.6 is 0 Å². The largest absolute Gasteiger partial charge is 0.497 e. The summed E-state index contributed by atoms with van der Waals surface area (Å²) in [6.45, 7) is 6.10. The number of carbonyl (C=O) groups is 4. The molecule has 0 radical (unpaired) electrons. The lowest BCUT2D eigenvalue weighted by Gasteiger charge is -2.31. The first kappa shape index (κ1) is 33.8. The molecule has 1 aliphatic heterocycles. The molecule has 0 aliphatic carbocycles. The molecule has 0 saturated carbocycles. The molecule has 2 rings (SSSR count). The number of hydrogen-bond donors (Lipinski definition) is 4. The van der Waals surface area contributed by atoms with Crippen molar-refractivity contribution in [2.45, 2.75) is 71.1 Å². The second-order valence-electron chi connectivity index (χ2n) is 10.5. The Morgan fingerprint density at radius 1 is 0.976 bits per heavy atom. The Labute approximate surface area is 242 Å². The highest BCUT2D eigenvalue weighted by molar-refractivity contribution is 7.88. The zero-order valence-corrected chi connectivity index (χ0v) is 25.4. The van der Waals surface area contributed by atoms with Gasteiger partial charge in [-0.2, -0.15) is 0 Å². The van der Waals surface area contributed by atoms with E-state index in [0.717, 1.165) is 6.26 Å². The van der Waals surface area contributed by atoms with E-state index in [1.807, 2.05) is 13.8 Å². The van der Waals surface area contributed by atoms with Crippen LogP contribution in [0.5, 0.6) is 11.5 Å². The molecule has 1 saturated heterocycles. The van der Waals surface area contributed by atoms with Gasteiger partial charge < -0.3 is 30.7 Å². The van der Waals surface area contributed by atoms with Crippen LogP contribution in [-0.2, 0) is 31.0 Å². The van der Waals surface area contributed by atoms with E-state index in [9.17, 15) is 27.6 Å². The molecular formula is C27H43N5O8S. The van der Waals surface area contributed by atoms with Crippen LogP contribution < -0.4 is 30.7 Å². The third-order valence-corrected chi connectivity index (χ3v) is 8.02. The zero-order chi connectivity index (χ0) is 30.7. The first-order valence-corrected chi connectivity index (χ1v) is 15.5. The highest BCUT2D eigenvalue weighted by atomic mass is 32.2. The monoisotopic (exact) mass is 597 g/mol. The number of piperidine rings is 1. The fraction of sp³-hybridized carbons (Fsp3) is 0.630. The molecule has 14 heteroatoms. The number of hydrogen-bond acceptors (Lipinski definition) is 8. The van der Waals surface area contributed by atoms with Crippen molar-refractivity contribution in [3.8, 4) is 11.5 Å². The van der Waals surface area contributed by atoms with E-state index in [1.54, 1.807) is 25.1 Å². The lowest BCUT2D eigenvalue weighted by Crippen LogP contribution is -2.56. The number of urea groups is 1. The third kappa shape index (κ3) is 10.8. The van der Waals surface area contributed by atoms with Crippen molar-refractivity contribution in [1.82, 2.24) is 25.6 Å². The van der Waals surface area contributed by atoms with Crippen molar-refractivity contribution >= 4 is 33.7 Å².